The maximum Gasteiger partial charge on any atom is 0.246 e. The zero-order valence-corrected chi connectivity index (χ0v) is 15.5. The summed E-state index contributed by atoms with van der Waals surface area (Å²) in [7, 11) is 0. The van der Waals surface area contributed by atoms with E-state index in [2.05, 4.69) is 17.0 Å². The zero-order chi connectivity index (χ0) is 18.8. The van der Waals surface area contributed by atoms with E-state index in [4.69, 9.17) is 11.6 Å². The van der Waals surface area contributed by atoms with Gasteiger partial charge in [-0.3, -0.25) is 9.59 Å². The Labute approximate surface area is 157 Å². The Bertz CT molecular complexity index is 853. The first-order valence-corrected chi connectivity index (χ1v) is 8.84. The molecule has 2 amide bonds. The van der Waals surface area contributed by atoms with Crippen molar-refractivity contribution in [1.82, 2.24) is 14.7 Å². The fourth-order valence-corrected chi connectivity index (χ4v) is 3.20. The molecule has 1 aliphatic rings. The van der Waals surface area contributed by atoms with Crippen LogP contribution in [-0.2, 0) is 9.59 Å². The molecule has 6 nitrogen and oxygen atoms in total. The standard InChI is InChI=1S/C19H21ClN4O2/c1-4-17(25)23-10-13(11-23)19(26)22-16-9-21-24(18(16)12(2)3)15-7-5-6-14(20)8-15/h4-9,12-13H,1,10-11H2,2-3H3,(H,22,26). The Hall–Kier alpha value is -2.60. The number of rotatable bonds is 5. The number of benzene rings is 1. The molecule has 0 bridgehead atoms. The number of carbonyl (C=O) groups is 2. The Morgan fingerprint density at radius 3 is 2.73 bits per heavy atom. The SMILES string of the molecule is C=CC(=O)N1CC(C(=O)Nc2cnn(-c3cccc(Cl)c3)c2C(C)C)C1. The van der Waals surface area contributed by atoms with E-state index in [1.807, 2.05) is 32.0 Å². The van der Waals surface area contributed by atoms with Crippen LogP contribution in [0.3, 0.4) is 0 Å². The first kappa shape index (κ1) is 18.2. The number of halogens is 1. The molecule has 2 heterocycles. The molecule has 0 radical (unpaired) electrons. The number of nitrogens with zero attached hydrogens (tertiary/aromatic N) is 3. The third-order valence-corrected chi connectivity index (χ3v) is 4.64. The van der Waals surface area contributed by atoms with Gasteiger partial charge in [0.1, 0.15) is 0 Å². The van der Waals surface area contributed by atoms with Crippen molar-refractivity contribution in [1.29, 1.82) is 0 Å². The van der Waals surface area contributed by atoms with Gasteiger partial charge in [0.2, 0.25) is 11.8 Å². The predicted molar refractivity (Wildman–Crippen MR) is 102 cm³/mol. The molecule has 1 saturated heterocycles. The van der Waals surface area contributed by atoms with Crippen molar-refractivity contribution in [3.05, 3.63) is 53.8 Å². The minimum absolute atomic E-state index is 0.106. The number of anilines is 1. The lowest BCUT2D eigenvalue weighted by Gasteiger charge is -2.37. The minimum Gasteiger partial charge on any atom is -0.337 e. The summed E-state index contributed by atoms with van der Waals surface area (Å²) in [5.74, 6) is -0.322. The Morgan fingerprint density at radius 1 is 1.38 bits per heavy atom. The molecule has 0 saturated carbocycles. The van der Waals surface area contributed by atoms with Crippen molar-refractivity contribution in [2.75, 3.05) is 18.4 Å². The van der Waals surface area contributed by atoms with Crippen LogP contribution in [0.5, 0.6) is 0 Å². The maximum absolute atomic E-state index is 12.5. The zero-order valence-electron chi connectivity index (χ0n) is 14.8. The van der Waals surface area contributed by atoms with E-state index in [0.29, 0.717) is 23.8 Å². The van der Waals surface area contributed by atoms with Gasteiger partial charge in [0.05, 0.1) is 29.2 Å². The first-order chi connectivity index (χ1) is 12.4. The van der Waals surface area contributed by atoms with Crippen LogP contribution < -0.4 is 5.32 Å². The highest BCUT2D eigenvalue weighted by molar-refractivity contribution is 6.30. The summed E-state index contributed by atoms with van der Waals surface area (Å²) in [6.07, 6.45) is 2.92. The van der Waals surface area contributed by atoms with Crippen LogP contribution in [0.15, 0.2) is 43.1 Å². The molecule has 0 spiro atoms. The average molecular weight is 373 g/mol. The van der Waals surface area contributed by atoms with Crippen LogP contribution in [0.25, 0.3) is 5.69 Å². The van der Waals surface area contributed by atoms with Gasteiger partial charge in [-0.25, -0.2) is 4.68 Å². The molecule has 1 aromatic heterocycles. The molecule has 3 rings (SSSR count). The lowest BCUT2D eigenvalue weighted by atomic mass is 9.98. The fraction of sp³-hybridized carbons (Fsp3) is 0.316. The van der Waals surface area contributed by atoms with Crippen LogP contribution in [0, 0.1) is 5.92 Å². The van der Waals surface area contributed by atoms with E-state index < -0.39 is 0 Å². The molecule has 1 aromatic carbocycles. The Balaban J connectivity index is 1.78. The van der Waals surface area contributed by atoms with Gasteiger partial charge in [-0.05, 0) is 30.2 Å². The number of nitrogens with one attached hydrogen (secondary N) is 1. The van der Waals surface area contributed by atoms with Gasteiger partial charge < -0.3 is 10.2 Å². The Kier molecular flexibility index (Phi) is 5.13. The molecule has 2 aromatic rings. The summed E-state index contributed by atoms with van der Waals surface area (Å²) >= 11 is 6.09. The van der Waals surface area contributed by atoms with Gasteiger partial charge in [0, 0.05) is 18.1 Å². The lowest BCUT2D eigenvalue weighted by molar-refractivity contribution is -0.137. The maximum atomic E-state index is 12.5. The van der Waals surface area contributed by atoms with E-state index in [-0.39, 0.29) is 23.7 Å². The van der Waals surface area contributed by atoms with Gasteiger partial charge >= 0.3 is 0 Å². The molecule has 0 unspecified atom stereocenters. The van der Waals surface area contributed by atoms with Gasteiger partial charge in [-0.1, -0.05) is 38.1 Å². The van der Waals surface area contributed by atoms with Crippen molar-refractivity contribution < 1.29 is 9.59 Å². The second kappa shape index (κ2) is 7.33. The normalized spacial score (nSPS) is 14.2. The van der Waals surface area contributed by atoms with Crippen LogP contribution in [0.4, 0.5) is 5.69 Å². The van der Waals surface area contributed by atoms with Crippen molar-refractivity contribution in [3.63, 3.8) is 0 Å². The third-order valence-electron chi connectivity index (χ3n) is 4.40. The highest BCUT2D eigenvalue weighted by Crippen LogP contribution is 2.29. The minimum atomic E-state index is -0.214. The summed E-state index contributed by atoms with van der Waals surface area (Å²) in [5.41, 5.74) is 2.42. The summed E-state index contributed by atoms with van der Waals surface area (Å²) in [5, 5.41) is 8.01. The molecule has 0 aliphatic carbocycles. The largest absolute Gasteiger partial charge is 0.337 e. The highest BCUT2D eigenvalue weighted by atomic mass is 35.5. The van der Waals surface area contributed by atoms with E-state index in [1.165, 1.54) is 6.08 Å². The van der Waals surface area contributed by atoms with Gasteiger partial charge in [0.25, 0.3) is 0 Å². The molecule has 136 valence electrons. The monoisotopic (exact) mass is 372 g/mol. The Morgan fingerprint density at radius 2 is 2.12 bits per heavy atom. The molecular weight excluding hydrogens is 352 g/mol. The molecule has 1 aliphatic heterocycles. The fourth-order valence-electron chi connectivity index (χ4n) is 3.01. The van der Waals surface area contributed by atoms with Crippen molar-refractivity contribution in [3.8, 4) is 5.69 Å². The van der Waals surface area contributed by atoms with Crippen molar-refractivity contribution >= 4 is 29.1 Å². The lowest BCUT2D eigenvalue weighted by Crippen LogP contribution is -2.53. The molecule has 26 heavy (non-hydrogen) atoms. The first-order valence-electron chi connectivity index (χ1n) is 8.46. The summed E-state index contributed by atoms with van der Waals surface area (Å²) in [6, 6.07) is 7.41. The molecule has 1 fully saturated rings. The van der Waals surface area contributed by atoms with Gasteiger partial charge in [0.15, 0.2) is 0 Å². The number of amides is 2. The van der Waals surface area contributed by atoms with Crippen molar-refractivity contribution in [2.45, 2.75) is 19.8 Å². The number of aromatic nitrogens is 2. The molecular formula is C19H21ClN4O2. The third kappa shape index (κ3) is 3.51. The summed E-state index contributed by atoms with van der Waals surface area (Å²) in [4.78, 5) is 25.6. The number of hydrogen-bond acceptors (Lipinski definition) is 3. The summed E-state index contributed by atoms with van der Waals surface area (Å²) in [6.45, 7) is 8.37. The molecule has 0 atom stereocenters. The quantitative estimate of drug-likeness (QED) is 0.819. The van der Waals surface area contributed by atoms with Crippen LogP contribution in [0.1, 0.15) is 25.5 Å². The number of hydrogen-bond donors (Lipinski definition) is 1. The van der Waals surface area contributed by atoms with E-state index >= 15 is 0 Å². The number of likely N-dealkylation sites (tertiary alicyclic amines) is 1. The number of carbonyl (C=O) groups excluding carboxylic acids is 2. The second-order valence-corrected chi connectivity index (χ2v) is 7.06. The predicted octanol–water partition coefficient (Wildman–Crippen LogP) is 3.23. The summed E-state index contributed by atoms with van der Waals surface area (Å²) < 4.78 is 1.79. The van der Waals surface area contributed by atoms with Crippen LogP contribution >= 0.6 is 11.6 Å². The van der Waals surface area contributed by atoms with Gasteiger partial charge in [-0.15, -0.1) is 0 Å². The average Bonchev–Trinajstić information content (AvgIpc) is 2.97. The van der Waals surface area contributed by atoms with E-state index in [1.54, 1.807) is 21.8 Å². The second-order valence-electron chi connectivity index (χ2n) is 6.62. The van der Waals surface area contributed by atoms with Crippen LogP contribution in [0.2, 0.25) is 5.02 Å². The molecule has 1 N–H and O–H groups in total. The van der Waals surface area contributed by atoms with Gasteiger partial charge in [-0.2, -0.15) is 5.10 Å². The van der Waals surface area contributed by atoms with E-state index in [9.17, 15) is 9.59 Å². The molecule has 7 heteroatoms. The topological polar surface area (TPSA) is 67.2 Å². The van der Waals surface area contributed by atoms with Crippen LogP contribution in [-0.4, -0.2) is 39.6 Å². The van der Waals surface area contributed by atoms with E-state index in [0.717, 1.165) is 11.4 Å². The van der Waals surface area contributed by atoms with Crippen molar-refractivity contribution in [2.24, 2.45) is 5.92 Å². The highest BCUT2D eigenvalue weighted by Gasteiger charge is 2.35. The smallest absolute Gasteiger partial charge is 0.246 e.